The van der Waals surface area contributed by atoms with Gasteiger partial charge >= 0.3 is 77.0 Å². The second kappa shape index (κ2) is 41.3. The fourth-order valence-electron chi connectivity index (χ4n) is 9.10. The van der Waals surface area contributed by atoms with Crippen molar-refractivity contribution >= 4 is 123 Å². The van der Waals surface area contributed by atoms with Crippen LogP contribution < -0.4 is 0 Å². The lowest BCUT2D eigenvalue weighted by atomic mass is 10.1. The van der Waals surface area contributed by atoms with Gasteiger partial charge in [-0.25, -0.2) is 0 Å². The molecule has 5 aromatic rings. The Balaban J connectivity index is 0.000000479. The summed E-state index contributed by atoms with van der Waals surface area (Å²) in [6, 6.07) is 40.4. The van der Waals surface area contributed by atoms with E-state index in [1.807, 2.05) is 174 Å². The van der Waals surface area contributed by atoms with Crippen LogP contribution in [-0.4, -0.2) is 122 Å². The zero-order valence-electron chi connectivity index (χ0n) is 58.9. The highest BCUT2D eigenvalue weighted by molar-refractivity contribution is 6.86. The van der Waals surface area contributed by atoms with Crippen LogP contribution in [0.15, 0.2) is 121 Å². The monoisotopic (exact) mass is 1530 g/mol. The van der Waals surface area contributed by atoms with Gasteiger partial charge in [0.25, 0.3) is 0 Å². The van der Waals surface area contributed by atoms with Gasteiger partial charge in [0.2, 0.25) is 0 Å². The topological polar surface area (TPSA) is 192 Å². The van der Waals surface area contributed by atoms with Crippen molar-refractivity contribution in [2.45, 2.75) is 207 Å². The van der Waals surface area contributed by atoms with Crippen molar-refractivity contribution in [1.82, 2.24) is 0 Å². The van der Waals surface area contributed by atoms with Gasteiger partial charge in [0.05, 0.1) is 65.1 Å². The molecule has 5 rings (SSSR count). The van der Waals surface area contributed by atoms with E-state index >= 15 is 0 Å². The minimum atomic E-state index is -2.54. The van der Waals surface area contributed by atoms with Crippen LogP contribution in [0.25, 0.3) is 0 Å². The number of hydrogen-bond acceptors (Lipinski definition) is 16. The summed E-state index contributed by atoms with van der Waals surface area (Å²) < 4.78 is 72.8. The maximum Gasteiger partial charge on any atom is 0.323 e. The van der Waals surface area contributed by atoms with Crippen molar-refractivity contribution in [3.63, 3.8) is 0 Å². The molecule has 0 fully saturated rings. The van der Waals surface area contributed by atoms with Crippen molar-refractivity contribution in [3.8, 4) is 0 Å². The maximum absolute atomic E-state index is 9.56. The Labute approximate surface area is 587 Å². The van der Waals surface area contributed by atoms with Crippen LogP contribution in [0, 0.1) is 0 Å². The van der Waals surface area contributed by atoms with Crippen LogP contribution in [0.3, 0.4) is 0 Å². The van der Waals surface area contributed by atoms with Gasteiger partial charge in [-0.2, -0.15) is 0 Å². The van der Waals surface area contributed by atoms with Gasteiger partial charge in [0.1, 0.15) is 0 Å². The minimum Gasteiger partial charge on any atom is -0.416 e. The molecule has 0 amide bonds. The Morgan fingerprint density at radius 3 is 0.591 bits per heavy atom. The first kappa shape index (κ1) is 87.7. The second-order valence-corrected chi connectivity index (χ2v) is 59.3. The van der Waals surface area contributed by atoms with Crippen LogP contribution in [0.5, 0.6) is 0 Å². The molecule has 0 aliphatic carbocycles. The second-order valence-electron chi connectivity index (χ2n) is 26.8. The van der Waals surface area contributed by atoms with Gasteiger partial charge in [-0.05, 0) is 187 Å². The molecule has 0 saturated carbocycles. The summed E-state index contributed by atoms with van der Waals surface area (Å²) >= 11 is 22.9. The number of halogens is 4. The number of aliphatic hydroxyl groups excluding tert-OH is 2. The molecule has 5 aromatic carbocycles. The Hall–Kier alpha value is -1.43. The van der Waals surface area contributed by atoms with E-state index in [9.17, 15) is 19.8 Å². The van der Waals surface area contributed by atoms with Crippen molar-refractivity contribution < 1.29 is 71.7 Å². The number of rotatable bonds is 36. The number of ether oxygens (including phenoxy) is 2. The van der Waals surface area contributed by atoms with E-state index in [1.165, 1.54) is 0 Å². The standard InChI is InChI=1S/C28H48O8Si3.C22H34Cl2O4Si3.C8H8Cl2.C6H20O4Si3/c1-23(29)17-31-19-25-9-13-27(14-10-25)21-33-37(3,4)35-39(7,8)36-38(5,6)34-22-28-15-11-26(12-16-28)20-32-18-24(2)30;1-29(2,25-17-21-11-7-19(15-23)8-12-21)27-31(5,6)28-30(3,4)26-18-22-13-9-20(16-24)10-14-22;9-5-7-1-2-8(6-10)4-3-7;1-11(2,7)9-13(5,6)10-12(3,4)8/h9-16,23-24,29-30H,17-22H2,1-8H3;7-14H,15-18H2,1-6H3;1-4H,5-6H2;7-8H,1-6H3. The molecule has 2 unspecified atom stereocenters. The third kappa shape index (κ3) is 43.0. The molecular weight excluding hydrogens is 1420 g/mol. The summed E-state index contributed by atoms with van der Waals surface area (Å²) in [5.41, 5.74) is 10.9. The molecule has 16 nitrogen and oxygen atoms in total. The molecule has 29 heteroatoms. The first-order chi connectivity index (χ1) is 42.9. The Morgan fingerprint density at radius 1 is 0.269 bits per heavy atom. The van der Waals surface area contributed by atoms with Gasteiger partial charge in [0, 0.05) is 23.5 Å². The zero-order valence-corrected chi connectivity index (χ0v) is 70.9. The van der Waals surface area contributed by atoms with Gasteiger partial charge in [-0.3, -0.25) is 0 Å². The largest absolute Gasteiger partial charge is 0.416 e. The van der Waals surface area contributed by atoms with E-state index in [4.69, 9.17) is 98.3 Å². The normalized spacial score (nSPS) is 13.5. The van der Waals surface area contributed by atoms with Crippen molar-refractivity contribution in [2.75, 3.05) is 13.2 Å². The molecule has 0 radical (unpaired) electrons. The molecule has 0 saturated heterocycles. The molecule has 0 aliphatic rings. The fraction of sp³-hybridized carbons (Fsp3) is 0.531. The van der Waals surface area contributed by atoms with E-state index in [0.717, 1.165) is 55.6 Å². The minimum absolute atomic E-state index is 0.323. The first-order valence-corrected chi connectivity index (χ1v) is 58.8. The SMILES string of the molecule is CC(O)COCc1ccc(CO[Si](C)(C)O[Si](C)(C)O[Si](C)(C)OCc2ccc(COCC(C)O)cc2)cc1.C[Si](C)(O)O[Si](C)(C)O[Si](C)(C)O.C[Si](C)(OCc1ccc(CCl)cc1)O[Si](C)(C)O[Si](C)(C)OCc1ccc(CCl)cc1.ClCc1ccc(CCl)cc1. The Bertz CT molecular complexity index is 2650. The first-order valence-electron chi connectivity index (χ1n) is 31.2. The van der Waals surface area contributed by atoms with E-state index in [-0.39, 0.29) is 0 Å². The summed E-state index contributed by atoms with van der Waals surface area (Å²) in [5, 5.41) is 18.6. The molecule has 0 aliphatic heterocycles. The molecule has 0 bridgehead atoms. The van der Waals surface area contributed by atoms with Crippen molar-refractivity contribution in [2.24, 2.45) is 0 Å². The van der Waals surface area contributed by atoms with E-state index in [1.54, 1.807) is 40.0 Å². The van der Waals surface area contributed by atoms with E-state index in [2.05, 4.69) is 39.3 Å². The van der Waals surface area contributed by atoms with E-state index < -0.39 is 89.3 Å². The molecule has 4 N–H and O–H groups in total. The average molecular weight is 1530 g/mol. The summed E-state index contributed by atoms with van der Waals surface area (Å²) in [4.78, 5) is 19.1. The van der Waals surface area contributed by atoms with Gasteiger partial charge in [-0.15, -0.1) is 46.4 Å². The average Bonchev–Trinajstić information content (AvgIpc) is 0.932. The Morgan fingerprint density at radius 2 is 0.430 bits per heavy atom. The lowest BCUT2D eigenvalue weighted by molar-refractivity contribution is 0.0375. The van der Waals surface area contributed by atoms with Crippen LogP contribution in [0.4, 0.5) is 0 Å². The third-order valence-corrected chi connectivity index (χ3v) is 40.5. The van der Waals surface area contributed by atoms with Crippen LogP contribution >= 0.6 is 46.4 Å². The van der Waals surface area contributed by atoms with Crippen LogP contribution in [-0.2, 0) is 115 Å². The zero-order chi connectivity index (χ0) is 70.5. The van der Waals surface area contributed by atoms with Crippen molar-refractivity contribution in [3.05, 3.63) is 177 Å². The summed E-state index contributed by atoms with van der Waals surface area (Å²) in [5.74, 6) is 2.18. The highest BCUT2D eigenvalue weighted by Crippen LogP contribution is 2.27. The predicted octanol–water partition coefficient (Wildman–Crippen LogP) is 16.7. The molecule has 0 spiro atoms. The highest BCUT2D eigenvalue weighted by Gasteiger charge is 2.44. The number of hydrogen-bond donors (Lipinski definition) is 4. The van der Waals surface area contributed by atoms with E-state index in [0.29, 0.717) is 76.4 Å². The lowest BCUT2D eigenvalue weighted by Gasteiger charge is -2.37. The molecule has 2 atom stereocenters. The van der Waals surface area contributed by atoms with Crippen molar-refractivity contribution in [1.29, 1.82) is 0 Å². The van der Waals surface area contributed by atoms with Crippen LogP contribution in [0.2, 0.25) is 118 Å². The summed E-state index contributed by atoms with van der Waals surface area (Å²) in [6.07, 6.45) is -0.931. The van der Waals surface area contributed by atoms with Gasteiger partial charge in [-0.1, -0.05) is 121 Å². The molecule has 0 heterocycles. The maximum atomic E-state index is 9.56. The molecule has 93 heavy (non-hydrogen) atoms. The third-order valence-electron chi connectivity index (χ3n) is 12.3. The van der Waals surface area contributed by atoms with Crippen LogP contribution in [0.1, 0.15) is 69.5 Å². The Kier molecular flexibility index (Phi) is 39.0. The quantitative estimate of drug-likeness (QED) is 0.0218. The lowest BCUT2D eigenvalue weighted by Crippen LogP contribution is -2.54. The van der Waals surface area contributed by atoms with Gasteiger partial charge in [0.15, 0.2) is 0 Å². The smallest absolute Gasteiger partial charge is 0.323 e. The number of aliphatic hydroxyl groups is 2. The molecular formula is C64H110Cl4O16Si9. The summed E-state index contributed by atoms with van der Waals surface area (Å²) in [6.45, 7) is 42.1. The summed E-state index contributed by atoms with van der Waals surface area (Å²) in [7, 11) is -22.1. The predicted molar refractivity (Wildman–Crippen MR) is 401 cm³/mol. The van der Waals surface area contributed by atoms with Gasteiger partial charge < -0.3 is 71.7 Å². The fourth-order valence-corrected chi connectivity index (χ4v) is 43.0. The highest BCUT2D eigenvalue weighted by atomic mass is 35.5. The number of alkyl halides is 4. The molecule has 0 aromatic heterocycles. The molecule has 526 valence electrons. The number of benzene rings is 5.